The SMILES string of the molecule is O=C1CC[C@@H](NC(=O)c2ccccc2)[C@H](c2ccccc2)N1. The minimum absolute atomic E-state index is 0.0269. The van der Waals surface area contributed by atoms with Crippen molar-refractivity contribution >= 4 is 11.8 Å². The summed E-state index contributed by atoms with van der Waals surface area (Å²) in [7, 11) is 0. The number of nitrogens with one attached hydrogen (secondary N) is 2. The quantitative estimate of drug-likeness (QED) is 0.913. The monoisotopic (exact) mass is 294 g/mol. The van der Waals surface area contributed by atoms with E-state index in [4.69, 9.17) is 0 Å². The fourth-order valence-electron chi connectivity index (χ4n) is 2.77. The van der Waals surface area contributed by atoms with Gasteiger partial charge in [-0.2, -0.15) is 0 Å². The molecule has 1 aliphatic heterocycles. The molecule has 2 atom stereocenters. The van der Waals surface area contributed by atoms with E-state index in [0.29, 0.717) is 18.4 Å². The molecule has 0 radical (unpaired) electrons. The van der Waals surface area contributed by atoms with Crippen LogP contribution in [0.4, 0.5) is 0 Å². The van der Waals surface area contributed by atoms with E-state index in [1.807, 2.05) is 48.5 Å². The van der Waals surface area contributed by atoms with Gasteiger partial charge in [-0.3, -0.25) is 9.59 Å². The zero-order chi connectivity index (χ0) is 15.4. The van der Waals surface area contributed by atoms with Crippen molar-refractivity contribution < 1.29 is 9.59 Å². The first-order valence-electron chi connectivity index (χ1n) is 7.44. The molecule has 1 heterocycles. The first kappa shape index (κ1) is 14.3. The number of carbonyl (C=O) groups excluding carboxylic acids is 2. The number of carbonyl (C=O) groups is 2. The third-order valence-corrected chi connectivity index (χ3v) is 3.91. The average molecular weight is 294 g/mol. The van der Waals surface area contributed by atoms with E-state index in [9.17, 15) is 9.59 Å². The molecule has 0 saturated carbocycles. The molecule has 1 aliphatic rings. The minimum atomic E-state index is -0.185. The van der Waals surface area contributed by atoms with Crippen LogP contribution in [0.25, 0.3) is 0 Å². The van der Waals surface area contributed by atoms with Gasteiger partial charge in [0, 0.05) is 12.0 Å². The fraction of sp³-hybridized carbons (Fsp3) is 0.222. The molecule has 4 heteroatoms. The van der Waals surface area contributed by atoms with Crippen molar-refractivity contribution in [1.82, 2.24) is 10.6 Å². The van der Waals surface area contributed by atoms with Crippen molar-refractivity contribution in [2.45, 2.75) is 24.9 Å². The van der Waals surface area contributed by atoms with Gasteiger partial charge in [0.1, 0.15) is 0 Å². The van der Waals surface area contributed by atoms with E-state index in [1.54, 1.807) is 12.1 Å². The highest BCUT2D eigenvalue weighted by Crippen LogP contribution is 2.24. The Morgan fingerprint density at radius 1 is 1.00 bits per heavy atom. The highest BCUT2D eigenvalue weighted by molar-refractivity contribution is 5.94. The van der Waals surface area contributed by atoms with Crippen LogP contribution in [0.3, 0.4) is 0 Å². The van der Waals surface area contributed by atoms with Gasteiger partial charge < -0.3 is 10.6 Å². The van der Waals surface area contributed by atoms with Crippen LogP contribution in [0.1, 0.15) is 34.8 Å². The van der Waals surface area contributed by atoms with Crippen molar-refractivity contribution in [1.29, 1.82) is 0 Å². The van der Waals surface area contributed by atoms with Crippen LogP contribution in [0, 0.1) is 0 Å². The summed E-state index contributed by atoms with van der Waals surface area (Å²) in [4.78, 5) is 24.1. The average Bonchev–Trinajstić information content (AvgIpc) is 2.58. The number of hydrogen-bond donors (Lipinski definition) is 2. The Morgan fingerprint density at radius 3 is 2.32 bits per heavy atom. The van der Waals surface area contributed by atoms with Crippen molar-refractivity contribution in [3.05, 3.63) is 71.8 Å². The van der Waals surface area contributed by atoms with Gasteiger partial charge in [0.2, 0.25) is 5.91 Å². The number of amides is 2. The number of piperidine rings is 1. The van der Waals surface area contributed by atoms with Gasteiger partial charge in [0.05, 0.1) is 12.1 Å². The standard InChI is InChI=1S/C18H18N2O2/c21-16-12-11-15(17(20-16)13-7-3-1-4-8-13)19-18(22)14-9-5-2-6-10-14/h1-10,15,17H,11-12H2,(H,19,22)(H,20,21)/t15-,17+/m1/s1. The summed E-state index contributed by atoms with van der Waals surface area (Å²) in [6.45, 7) is 0. The van der Waals surface area contributed by atoms with E-state index in [0.717, 1.165) is 5.56 Å². The first-order valence-corrected chi connectivity index (χ1v) is 7.44. The summed E-state index contributed by atoms with van der Waals surface area (Å²) < 4.78 is 0. The molecule has 22 heavy (non-hydrogen) atoms. The van der Waals surface area contributed by atoms with Crippen LogP contribution in [-0.2, 0) is 4.79 Å². The molecule has 1 fully saturated rings. The molecule has 0 aliphatic carbocycles. The van der Waals surface area contributed by atoms with Crippen LogP contribution in [-0.4, -0.2) is 17.9 Å². The second-order valence-electron chi connectivity index (χ2n) is 5.44. The highest BCUT2D eigenvalue weighted by atomic mass is 16.2. The summed E-state index contributed by atoms with van der Waals surface area (Å²) in [6.07, 6.45) is 1.08. The normalized spacial score (nSPS) is 21.0. The van der Waals surface area contributed by atoms with Gasteiger partial charge in [0.15, 0.2) is 0 Å². The topological polar surface area (TPSA) is 58.2 Å². The molecule has 2 amide bonds. The van der Waals surface area contributed by atoms with Crippen molar-refractivity contribution in [2.75, 3.05) is 0 Å². The third kappa shape index (κ3) is 3.17. The zero-order valence-electron chi connectivity index (χ0n) is 12.2. The Kier molecular flexibility index (Phi) is 4.19. The van der Waals surface area contributed by atoms with Gasteiger partial charge >= 0.3 is 0 Å². The van der Waals surface area contributed by atoms with E-state index in [2.05, 4.69) is 10.6 Å². The summed E-state index contributed by atoms with van der Waals surface area (Å²) in [5, 5.41) is 6.04. The lowest BCUT2D eigenvalue weighted by atomic mass is 9.91. The van der Waals surface area contributed by atoms with Gasteiger partial charge in [-0.05, 0) is 24.1 Å². The van der Waals surface area contributed by atoms with Gasteiger partial charge in [-0.25, -0.2) is 0 Å². The predicted molar refractivity (Wildman–Crippen MR) is 84.3 cm³/mol. The molecule has 2 aromatic carbocycles. The number of hydrogen-bond acceptors (Lipinski definition) is 2. The Labute approximate surface area is 129 Å². The Hall–Kier alpha value is -2.62. The van der Waals surface area contributed by atoms with E-state index >= 15 is 0 Å². The first-order chi connectivity index (χ1) is 10.7. The lowest BCUT2D eigenvalue weighted by Crippen LogP contribution is -2.50. The maximum absolute atomic E-state index is 12.3. The third-order valence-electron chi connectivity index (χ3n) is 3.91. The summed E-state index contributed by atoms with van der Waals surface area (Å²) in [6, 6.07) is 18.6. The lowest BCUT2D eigenvalue weighted by molar-refractivity contribution is -0.123. The molecule has 112 valence electrons. The molecule has 1 saturated heterocycles. The van der Waals surface area contributed by atoms with Crippen LogP contribution in [0.2, 0.25) is 0 Å². The smallest absolute Gasteiger partial charge is 0.251 e. The second kappa shape index (κ2) is 6.43. The molecule has 2 aromatic rings. The van der Waals surface area contributed by atoms with Crippen molar-refractivity contribution in [2.24, 2.45) is 0 Å². The van der Waals surface area contributed by atoms with Crippen molar-refractivity contribution in [3.8, 4) is 0 Å². The molecule has 0 aromatic heterocycles. The largest absolute Gasteiger partial charge is 0.347 e. The van der Waals surface area contributed by atoms with E-state index < -0.39 is 0 Å². The molecule has 4 nitrogen and oxygen atoms in total. The second-order valence-corrected chi connectivity index (χ2v) is 5.44. The Balaban J connectivity index is 1.78. The minimum Gasteiger partial charge on any atom is -0.347 e. The number of benzene rings is 2. The lowest BCUT2D eigenvalue weighted by Gasteiger charge is -2.33. The van der Waals surface area contributed by atoms with E-state index in [1.165, 1.54) is 0 Å². The molecule has 0 bridgehead atoms. The van der Waals surface area contributed by atoms with Crippen LogP contribution < -0.4 is 10.6 Å². The highest BCUT2D eigenvalue weighted by Gasteiger charge is 2.31. The Morgan fingerprint density at radius 2 is 1.64 bits per heavy atom. The summed E-state index contributed by atoms with van der Waals surface area (Å²) in [5.74, 6) is -0.0817. The Bertz CT molecular complexity index is 655. The van der Waals surface area contributed by atoms with Crippen LogP contribution >= 0.6 is 0 Å². The summed E-state index contributed by atoms with van der Waals surface area (Å²) in [5.41, 5.74) is 1.64. The van der Waals surface area contributed by atoms with Crippen molar-refractivity contribution in [3.63, 3.8) is 0 Å². The molecular formula is C18H18N2O2. The maximum atomic E-state index is 12.3. The molecule has 0 unspecified atom stereocenters. The predicted octanol–water partition coefficient (Wildman–Crippen LogP) is 2.44. The zero-order valence-corrected chi connectivity index (χ0v) is 12.2. The molecule has 3 rings (SSSR count). The van der Waals surface area contributed by atoms with Crippen LogP contribution in [0.5, 0.6) is 0 Å². The molecule has 0 spiro atoms. The van der Waals surface area contributed by atoms with E-state index in [-0.39, 0.29) is 23.9 Å². The molecular weight excluding hydrogens is 276 g/mol. The van der Waals surface area contributed by atoms with Gasteiger partial charge in [-0.1, -0.05) is 48.5 Å². The van der Waals surface area contributed by atoms with Crippen LogP contribution in [0.15, 0.2) is 60.7 Å². The summed E-state index contributed by atoms with van der Waals surface area (Å²) >= 11 is 0. The number of rotatable bonds is 3. The van der Waals surface area contributed by atoms with Gasteiger partial charge in [0.25, 0.3) is 5.91 Å². The maximum Gasteiger partial charge on any atom is 0.251 e. The van der Waals surface area contributed by atoms with Gasteiger partial charge in [-0.15, -0.1) is 0 Å². The molecule has 2 N–H and O–H groups in total. The fourth-order valence-corrected chi connectivity index (χ4v) is 2.77.